The zero-order chi connectivity index (χ0) is 12.3. The molecule has 0 unspecified atom stereocenters. The molecule has 0 aliphatic rings. The van der Waals surface area contributed by atoms with Crippen LogP contribution in [-0.2, 0) is 0 Å². The highest BCUT2D eigenvalue weighted by molar-refractivity contribution is 7.11. The molecule has 0 bridgehead atoms. The number of rotatable bonds is 4. The first-order valence-electron chi connectivity index (χ1n) is 5.21. The van der Waals surface area contributed by atoms with Crippen LogP contribution < -0.4 is 5.32 Å². The van der Waals surface area contributed by atoms with Crippen LogP contribution in [0.5, 0.6) is 0 Å². The standard InChI is InChI=1S/C11H11F3N2S/c12-11(13,14)6-3-7-15-10-8-4-1-2-5-9(8)16-17-10/h1-2,4-5,15H,3,6-7H2. The van der Waals surface area contributed by atoms with E-state index in [1.54, 1.807) is 0 Å². The van der Waals surface area contributed by atoms with Crippen molar-refractivity contribution < 1.29 is 13.2 Å². The largest absolute Gasteiger partial charge is 0.389 e. The summed E-state index contributed by atoms with van der Waals surface area (Å²) in [5.74, 6) is 0. The normalized spacial score (nSPS) is 11.9. The van der Waals surface area contributed by atoms with E-state index in [1.165, 1.54) is 11.5 Å². The molecule has 92 valence electrons. The van der Waals surface area contributed by atoms with Crippen LogP contribution in [0.1, 0.15) is 12.8 Å². The number of hydrogen-bond donors (Lipinski definition) is 1. The molecule has 2 rings (SSSR count). The van der Waals surface area contributed by atoms with Crippen LogP contribution in [0.3, 0.4) is 0 Å². The smallest absolute Gasteiger partial charge is 0.375 e. The molecule has 2 aromatic rings. The second-order valence-electron chi connectivity index (χ2n) is 3.67. The van der Waals surface area contributed by atoms with E-state index in [-0.39, 0.29) is 6.42 Å². The predicted octanol–water partition coefficient (Wildman–Crippen LogP) is 4.05. The van der Waals surface area contributed by atoms with E-state index >= 15 is 0 Å². The average molecular weight is 260 g/mol. The molecular formula is C11H11F3N2S. The molecule has 1 N–H and O–H groups in total. The van der Waals surface area contributed by atoms with E-state index in [0.717, 1.165) is 15.9 Å². The van der Waals surface area contributed by atoms with Gasteiger partial charge in [0.25, 0.3) is 0 Å². The maximum Gasteiger partial charge on any atom is 0.389 e. The Balaban J connectivity index is 1.91. The van der Waals surface area contributed by atoms with Gasteiger partial charge in [0, 0.05) is 18.4 Å². The Bertz CT molecular complexity index is 493. The van der Waals surface area contributed by atoms with Crippen molar-refractivity contribution >= 4 is 27.4 Å². The molecule has 0 amide bonds. The van der Waals surface area contributed by atoms with E-state index in [9.17, 15) is 13.2 Å². The molecule has 0 aliphatic heterocycles. The number of aromatic nitrogens is 1. The SMILES string of the molecule is FC(F)(F)CCCNc1snc2ccccc12. The molecule has 2 nitrogen and oxygen atoms in total. The van der Waals surface area contributed by atoms with Gasteiger partial charge in [-0.15, -0.1) is 0 Å². The van der Waals surface area contributed by atoms with Crippen LogP contribution in [0, 0.1) is 0 Å². The molecule has 1 aromatic heterocycles. The fourth-order valence-corrected chi connectivity index (χ4v) is 2.29. The zero-order valence-electron chi connectivity index (χ0n) is 8.92. The summed E-state index contributed by atoms with van der Waals surface area (Å²) in [5, 5.41) is 4.79. The van der Waals surface area contributed by atoms with Crippen molar-refractivity contribution in [1.29, 1.82) is 0 Å². The number of alkyl halides is 3. The van der Waals surface area contributed by atoms with Gasteiger partial charge in [-0.2, -0.15) is 17.5 Å². The molecule has 1 aromatic carbocycles. The van der Waals surface area contributed by atoms with E-state index in [1.807, 2.05) is 24.3 Å². The average Bonchev–Trinajstić information content (AvgIpc) is 2.67. The number of nitrogens with one attached hydrogen (secondary N) is 1. The summed E-state index contributed by atoms with van der Waals surface area (Å²) in [4.78, 5) is 0. The first-order valence-corrected chi connectivity index (χ1v) is 5.99. The Morgan fingerprint density at radius 2 is 2.00 bits per heavy atom. The van der Waals surface area contributed by atoms with Crippen molar-refractivity contribution in [2.75, 3.05) is 11.9 Å². The van der Waals surface area contributed by atoms with Crippen LogP contribution in [0.2, 0.25) is 0 Å². The number of anilines is 1. The summed E-state index contributed by atoms with van der Waals surface area (Å²) in [7, 11) is 0. The van der Waals surface area contributed by atoms with Gasteiger partial charge in [-0.25, -0.2) is 0 Å². The van der Waals surface area contributed by atoms with Crippen molar-refractivity contribution in [1.82, 2.24) is 4.37 Å². The van der Waals surface area contributed by atoms with Crippen LogP contribution >= 0.6 is 11.5 Å². The summed E-state index contributed by atoms with van der Waals surface area (Å²) in [6, 6.07) is 7.56. The molecule has 0 fully saturated rings. The van der Waals surface area contributed by atoms with Crippen molar-refractivity contribution in [3.8, 4) is 0 Å². The lowest BCUT2D eigenvalue weighted by Gasteiger charge is -2.06. The highest BCUT2D eigenvalue weighted by Gasteiger charge is 2.25. The van der Waals surface area contributed by atoms with Gasteiger partial charge in [-0.3, -0.25) is 0 Å². The lowest BCUT2D eigenvalue weighted by atomic mass is 10.2. The fourth-order valence-electron chi connectivity index (χ4n) is 1.51. The Labute approximate surface area is 101 Å². The summed E-state index contributed by atoms with van der Waals surface area (Å²) in [6.07, 6.45) is -4.75. The van der Waals surface area contributed by atoms with E-state index in [2.05, 4.69) is 9.69 Å². The molecular weight excluding hydrogens is 249 g/mol. The van der Waals surface area contributed by atoms with Gasteiger partial charge in [0.15, 0.2) is 0 Å². The Morgan fingerprint density at radius 3 is 2.76 bits per heavy atom. The molecule has 0 radical (unpaired) electrons. The Kier molecular flexibility index (Phi) is 3.51. The minimum absolute atomic E-state index is 0.0791. The molecule has 17 heavy (non-hydrogen) atoms. The van der Waals surface area contributed by atoms with Gasteiger partial charge in [-0.05, 0) is 30.1 Å². The van der Waals surface area contributed by atoms with Gasteiger partial charge < -0.3 is 5.32 Å². The Morgan fingerprint density at radius 1 is 1.24 bits per heavy atom. The van der Waals surface area contributed by atoms with E-state index < -0.39 is 12.6 Å². The number of hydrogen-bond acceptors (Lipinski definition) is 3. The molecule has 0 saturated carbocycles. The van der Waals surface area contributed by atoms with Crippen LogP contribution in [0.25, 0.3) is 10.9 Å². The second kappa shape index (κ2) is 4.91. The van der Waals surface area contributed by atoms with Gasteiger partial charge in [-0.1, -0.05) is 12.1 Å². The summed E-state index contributed by atoms with van der Waals surface area (Å²) in [6.45, 7) is 0.311. The van der Waals surface area contributed by atoms with E-state index in [4.69, 9.17) is 0 Å². The zero-order valence-corrected chi connectivity index (χ0v) is 9.74. The van der Waals surface area contributed by atoms with Crippen molar-refractivity contribution in [3.05, 3.63) is 24.3 Å². The quantitative estimate of drug-likeness (QED) is 0.839. The summed E-state index contributed by atoms with van der Waals surface area (Å²) >= 11 is 1.28. The predicted molar refractivity (Wildman–Crippen MR) is 63.4 cm³/mol. The summed E-state index contributed by atoms with van der Waals surface area (Å²) < 4.78 is 40.0. The minimum atomic E-state index is -4.07. The number of fused-ring (bicyclic) bond motifs is 1. The van der Waals surface area contributed by atoms with Crippen LogP contribution in [-0.4, -0.2) is 17.1 Å². The summed E-state index contributed by atoms with van der Waals surface area (Å²) in [5.41, 5.74) is 0.871. The lowest BCUT2D eigenvalue weighted by molar-refractivity contribution is -0.134. The molecule has 6 heteroatoms. The molecule has 0 saturated heterocycles. The van der Waals surface area contributed by atoms with Gasteiger partial charge >= 0.3 is 6.18 Å². The lowest BCUT2D eigenvalue weighted by Crippen LogP contribution is -2.10. The van der Waals surface area contributed by atoms with E-state index in [0.29, 0.717) is 6.54 Å². The van der Waals surface area contributed by atoms with Gasteiger partial charge in [0.05, 0.1) is 5.52 Å². The highest BCUT2D eigenvalue weighted by atomic mass is 32.1. The maximum atomic E-state index is 11.9. The number of benzene rings is 1. The molecule has 0 atom stereocenters. The number of halogens is 3. The molecule has 0 spiro atoms. The molecule has 0 aliphatic carbocycles. The first kappa shape index (κ1) is 12.2. The highest BCUT2D eigenvalue weighted by Crippen LogP contribution is 2.27. The van der Waals surface area contributed by atoms with Gasteiger partial charge in [0.2, 0.25) is 0 Å². The van der Waals surface area contributed by atoms with Crippen molar-refractivity contribution in [2.45, 2.75) is 19.0 Å². The first-order chi connectivity index (χ1) is 8.06. The maximum absolute atomic E-state index is 11.9. The Hall–Kier alpha value is -1.30. The second-order valence-corrected chi connectivity index (χ2v) is 4.45. The fraction of sp³-hybridized carbons (Fsp3) is 0.364. The van der Waals surface area contributed by atoms with Crippen molar-refractivity contribution in [2.24, 2.45) is 0 Å². The topological polar surface area (TPSA) is 24.9 Å². The third-order valence-corrected chi connectivity index (χ3v) is 3.14. The number of nitrogens with zero attached hydrogens (tertiary/aromatic N) is 1. The van der Waals surface area contributed by atoms with Crippen LogP contribution in [0.15, 0.2) is 24.3 Å². The van der Waals surface area contributed by atoms with Crippen molar-refractivity contribution in [3.63, 3.8) is 0 Å². The minimum Gasteiger partial charge on any atom is -0.375 e. The third kappa shape index (κ3) is 3.33. The molecule has 1 heterocycles. The van der Waals surface area contributed by atoms with Gasteiger partial charge in [0.1, 0.15) is 5.00 Å². The monoisotopic (exact) mass is 260 g/mol. The van der Waals surface area contributed by atoms with Crippen LogP contribution in [0.4, 0.5) is 18.2 Å². The third-order valence-electron chi connectivity index (χ3n) is 2.31.